The number of furan rings is 1. The van der Waals surface area contributed by atoms with Crippen molar-refractivity contribution in [3.63, 3.8) is 0 Å². The van der Waals surface area contributed by atoms with Crippen molar-refractivity contribution in [3.05, 3.63) is 17.9 Å². The summed E-state index contributed by atoms with van der Waals surface area (Å²) in [5, 5.41) is 8.09. The van der Waals surface area contributed by atoms with Gasteiger partial charge in [0.1, 0.15) is 5.76 Å². The molecule has 0 saturated heterocycles. The number of methoxy groups -OCH3 is 1. The summed E-state index contributed by atoms with van der Waals surface area (Å²) < 4.78 is 32.5. The van der Waals surface area contributed by atoms with E-state index in [1.54, 1.807) is 13.2 Å². The van der Waals surface area contributed by atoms with Crippen LogP contribution in [-0.2, 0) is 21.3 Å². The van der Waals surface area contributed by atoms with E-state index in [9.17, 15) is 8.42 Å². The van der Waals surface area contributed by atoms with Gasteiger partial charge in [-0.1, -0.05) is 0 Å². The number of hydrogen-bond acceptors (Lipinski definition) is 5. The summed E-state index contributed by atoms with van der Waals surface area (Å²) in [6.45, 7) is 0.497. The smallest absolute Gasteiger partial charge is 0.271 e. The highest BCUT2D eigenvalue weighted by Crippen LogP contribution is 2.22. The fraction of sp³-hybridized carbons (Fsp3) is 0.636. The Morgan fingerprint density at radius 2 is 2.28 bits per heavy atom. The van der Waals surface area contributed by atoms with Crippen LogP contribution in [0.4, 0.5) is 0 Å². The van der Waals surface area contributed by atoms with E-state index >= 15 is 0 Å². The minimum absolute atomic E-state index is 0.194. The number of nitrogens with one attached hydrogen (secondary N) is 1. The molecule has 1 aliphatic carbocycles. The molecule has 2 atom stereocenters. The lowest BCUT2D eigenvalue weighted by Gasteiger charge is -2.11. The van der Waals surface area contributed by atoms with E-state index in [2.05, 4.69) is 5.32 Å². The van der Waals surface area contributed by atoms with Crippen LogP contribution >= 0.6 is 0 Å². The lowest BCUT2D eigenvalue weighted by molar-refractivity contribution is 0.107. The Labute approximate surface area is 107 Å². The third-order valence-corrected chi connectivity index (χ3v) is 3.98. The number of nitrogens with two attached hydrogens (primary N) is 1. The van der Waals surface area contributed by atoms with Gasteiger partial charge in [0.05, 0.1) is 12.6 Å². The van der Waals surface area contributed by atoms with E-state index in [1.807, 2.05) is 0 Å². The van der Waals surface area contributed by atoms with Crippen LogP contribution in [0.5, 0.6) is 0 Å². The number of rotatable bonds is 5. The molecule has 2 rings (SSSR count). The largest absolute Gasteiger partial charge is 0.447 e. The van der Waals surface area contributed by atoms with Gasteiger partial charge in [0.15, 0.2) is 0 Å². The van der Waals surface area contributed by atoms with E-state index in [-0.39, 0.29) is 5.09 Å². The van der Waals surface area contributed by atoms with Crippen molar-refractivity contribution in [2.75, 3.05) is 7.11 Å². The van der Waals surface area contributed by atoms with Crippen LogP contribution in [0.15, 0.2) is 21.6 Å². The molecule has 6 nitrogen and oxygen atoms in total. The number of hydrogen-bond donors (Lipinski definition) is 2. The minimum Gasteiger partial charge on any atom is -0.447 e. The van der Waals surface area contributed by atoms with Gasteiger partial charge in [0.25, 0.3) is 10.0 Å². The van der Waals surface area contributed by atoms with Crippen molar-refractivity contribution in [2.45, 2.75) is 43.0 Å². The number of sulfonamides is 1. The van der Waals surface area contributed by atoms with Gasteiger partial charge in [-0.15, -0.1) is 0 Å². The van der Waals surface area contributed by atoms with E-state index in [0.29, 0.717) is 24.5 Å². The first-order valence-electron chi connectivity index (χ1n) is 5.86. The normalized spacial score (nSPS) is 24.6. The average molecular weight is 274 g/mol. The van der Waals surface area contributed by atoms with Gasteiger partial charge in [-0.2, -0.15) is 0 Å². The molecule has 7 heteroatoms. The molecule has 1 heterocycles. The molecular formula is C11H18N2O4S. The van der Waals surface area contributed by atoms with Crippen molar-refractivity contribution in [1.82, 2.24) is 5.32 Å². The molecule has 1 fully saturated rings. The second-order valence-electron chi connectivity index (χ2n) is 4.51. The fourth-order valence-corrected chi connectivity index (χ4v) is 2.67. The third kappa shape index (κ3) is 3.32. The quantitative estimate of drug-likeness (QED) is 0.819. The molecule has 3 N–H and O–H groups in total. The Hall–Kier alpha value is -0.890. The lowest BCUT2D eigenvalue weighted by atomic mass is 10.2. The van der Waals surface area contributed by atoms with E-state index in [1.165, 1.54) is 6.07 Å². The lowest BCUT2D eigenvalue weighted by Crippen LogP contribution is -2.26. The molecule has 1 aromatic rings. The zero-order valence-corrected chi connectivity index (χ0v) is 11.1. The molecule has 0 spiro atoms. The van der Waals surface area contributed by atoms with Crippen LogP contribution in [-0.4, -0.2) is 27.7 Å². The van der Waals surface area contributed by atoms with Gasteiger partial charge in [0.2, 0.25) is 5.09 Å². The molecule has 0 aliphatic heterocycles. The van der Waals surface area contributed by atoms with Gasteiger partial charge < -0.3 is 14.5 Å². The topological polar surface area (TPSA) is 94.6 Å². The van der Waals surface area contributed by atoms with Gasteiger partial charge >= 0.3 is 0 Å². The Morgan fingerprint density at radius 3 is 2.83 bits per heavy atom. The zero-order valence-electron chi connectivity index (χ0n) is 10.3. The first-order valence-corrected chi connectivity index (χ1v) is 7.41. The second-order valence-corrected chi connectivity index (χ2v) is 6.01. The number of ether oxygens (including phenoxy) is 1. The Kier molecular flexibility index (Phi) is 4.06. The highest BCUT2D eigenvalue weighted by Gasteiger charge is 2.24. The minimum atomic E-state index is -3.75. The van der Waals surface area contributed by atoms with Gasteiger partial charge in [0, 0.05) is 13.2 Å². The van der Waals surface area contributed by atoms with Crippen molar-refractivity contribution in [3.8, 4) is 0 Å². The second kappa shape index (κ2) is 5.40. The molecule has 18 heavy (non-hydrogen) atoms. The van der Waals surface area contributed by atoms with Gasteiger partial charge in [-0.05, 0) is 31.4 Å². The maximum Gasteiger partial charge on any atom is 0.271 e. The molecule has 102 valence electrons. The van der Waals surface area contributed by atoms with Crippen molar-refractivity contribution >= 4 is 10.0 Å². The zero-order chi connectivity index (χ0) is 13.2. The van der Waals surface area contributed by atoms with Crippen molar-refractivity contribution in [1.29, 1.82) is 0 Å². The Bertz CT molecular complexity index is 497. The van der Waals surface area contributed by atoms with Crippen LogP contribution in [0.1, 0.15) is 25.0 Å². The summed E-state index contributed by atoms with van der Waals surface area (Å²) in [5.74, 6) is 0.569. The molecule has 2 unspecified atom stereocenters. The number of primary sulfonamides is 1. The fourth-order valence-electron chi connectivity index (χ4n) is 2.19. The summed E-state index contributed by atoms with van der Waals surface area (Å²) in [6, 6.07) is 3.38. The molecule has 0 bridgehead atoms. The predicted octanol–water partition coefficient (Wildman–Crippen LogP) is 0.584. The van der Waals surface area contributed by atoms with Gasteiger partial charge in [-0.25, -0.2) is 13.6 Å². The van der Waals surface area contributed by atoms with Crippen LogP contribution in [0.25, 0.3) is 0 Å². The van der Waals surface area contributed by atoms with Crippen LogP contribution < -0.4 is 10.5 Å². The van der Waals surface area contributed by atoms with Crippen LogP contribution in [0.2, 0.25) is 0 Å². The van der Waals surface area contributed by atoms with Crippen LogP contribution in [0.3, 0.4) is 0 Å². The molecule has 1 aromatic heterocycles. The first kappa shape index (κ1) is 13.5. The third-order valence-electron chi connectivity index (χ3n) is 3.20. The van der Waals surface area contributed by atoms with E-state index < -0.39 is 10.0 Å². The SMILES string of the molecule is COC1CCC(NCc2ccc(S(N)(=O)=O)o2)C1. The van der Waals surface area contributed by atoms with Crippen LogP contribution in [0, 0.1) is 0 Å². The van der Waals surface area contributed by atoms with Crippen molar-refractivity contribution in [2.24, 2.45) is 5.14 Å². The Balaban J connectivity index is 1.86. The molecule has 0 radical (unpaired) electrons. The first-order chi connectivity index (χ1) is 8.49. The Morgan fingerprint density at radius 1 is 1.50 bits per heavy atom. The molecule has 0 aromatic carbocycles. The maximum absolute atomic E-state index is 11.0. The van der Waals surface area contributed by atoms with E-state index in [0.717, 1.165) is 19.3 Å². The van der Waals surface area contributed by atoms with Crippen molar-refractivity contribution < 1.29 is 17.6 Å². The summed E-state index contributed by atoms with van der Waals surface area (Å²) >= 11 is 0. The van der Waals surface area contributed by atoms with Gasteiger partial charge in [-0.3, -0.25) is 0 Å². The highest BCUT2D eigenvalue weighted by molar-refractivity contribution is 7.89. The molecule has 0 amide bonds. The van der Waals surface area contributed by atoms with E-state index in [4.69, 9.17) is 14.3 Å². The summed E-state index contributed by atoms with van der Waals surface area (Å²) in [5.41, 5.74) is 0. The highest BCUT2D eigenvalue weighted by atomic mass is 32.2. The average Bonchev–Trinajstić information content (AvgIpc) is 2.94. The maximum atomic E-state index is 11.0. The summed E-state index contributed by atoms with van der Waals surface area (Å²) in [7, 11) is -2.03. The monoisotopic (exact) mass is 274 g/mol. The molecular weight excluding hydrogens is 256 g/mol. The summed E-state index contributed by atoms with van der Waals surface area (Å²) in [4.78, 5) is 0. The summed E-state index contributed by atoms with van der Waals surface area (Å²) in [6.07, 6.45) is 3.40. The molecule has 1 aliphatic rings. The standard InChI is InChI=1S/C11H18N2O4S/c1-16-9-3-2-8(6-9)13-7-10-4-5-11(17-10)18(12,14)15/h4-5,8-9,13H,2-3,6-7H2,1H3,(H2,12,14,15). The molecule has 1 saturated carbocycles. The predicted molar refractivity (Wildman–Crippen MR) is 65.4 cm³/mol.